The zero-order valence-corrected chi connectivity index (χ0v) is 10.1. The molecule has 3 nitrogen and oxygen atoms in total. The Morgan fingerprint density at radius 3 is 3.00 bits per heavy atom. The highest BCUT2D eigenvalue weighted by Crippen LogP contribution is 2.04. The van der Waals surface area contributed by atoms with Gasteiger partial charge in [-0.15, -0.1) is 0 Å². The third-order valence-corrected chi connectivity index (χ3v) is 2.68. The van der Waals surface area contributed by atoms with Crippen molar-refractivity contribution >= 4 is 15.9 Å². The van der Waals surface area contributed by atoms with Crippen molar-refractivity contribution in [2.75, 3.05) is 52.2 Å². The molecule has 1 saturated heterocycles. The quantitative estimate of drug-likeness (QED) is 0.682. The number of halogens is 1. The number of likely N-dealkylation sites (N-methyl/N-ethyl adjacent to an activating group) is 2. The molecule has 0 bridgehead atoms. The zero-order valence-electron chi connectivity index (χ0n) is 8.50. The summed E-state index contributed by atoms with van der Waals surface area (Å²) in [4.78, 5) is 4.63. The smallest absolute Gasteiger partial charge is 0.0829 e. The molecule has 0 aliphatic carbocycles. The second kappa shape index (κ2) is 5.96. The van der Waals surface area contributed by atoms with Crippen molar-refractivity contribution in [1.82, 2.24) is 9.80 Å². The third-order valence-electron chi connectivity index (χ3n) is 2.32. The molecule has 1 rings (SSSR count). The average Bonchev–Trinajstić information content (AvgIpc) is 2.04. The van der Waals surface area contributed by atoms with E-state index in [2.05, 4.69) is 39.8 Å². The van der Waals surface area contributed by atoms with Gasteiger partial charge in [-0.05, 0) is 14.1 Å². The SMILES string of the molecule is CN(CCBr)CC1CN(C)CCO1. The minimum Gasteiger partial charge on any atom is -0.374 e. The van der Waals surface area contributed by atoms with Crippen LogP contribution < -0.4 is 0 Å². The highest BCUT2D eigenvalue weighted by molar-refractivity contribution is 9.09. The Morgan fingerprint density at radius 2 is 2.38 bits per heavy atom. The Balaban J connectivity index is 2.19. The number of alkyl halides is 1. The van der Waals surface area contributed by atoms with Crippen molar-refractivity contribution in [2.45, 2.75) is 6.10 Å². The van der Waals surface area contributed by atoms with Crippen LogP contribution in [0.3, 0.4) is 0 Å². The number of nitrogens with zero attached hydrogens (tertiary/aromatic N) is 2. The molecule has 1 heterocycles. The normalized spacial score (nSPS) is 25.4. The largest absolute Gasteiger partial charge is 0.374 e. The van der Waals surface area contributed by atoms with Crippen molar-refractivity contribution < 1.29 is 4.74 Å². The van der Waals surface area contributed by atoms with Gasteiger partial charge >= 0.3 is 0 Å². The van der Waals surface area contributed by atoms with Gasteiger partial charge in [0.05, 0.1) is 12.7 Å². The minimum absolute atomic E-state index is 0.391. The first-order valence-corrected chi connectivity index (χ1v) is 5.89. The first-order valence-electron chi connectivity index (χ1n) is 4.77. The van der Waals surface area contributed by atoms with Crippen molar-refractivity contribution in [3.8, 4) is 0 Å². The number of hydrogen-bond acceptors (Lipinski definition) is 3. The maximum absolute atomic E-state index is 5.67. The summed E-state index contributed by atoms with van der Waals surface area (Å²) >= 11 is 3.43. The molecule has 1 unspecified atom stereocenters. The number of ether oxygens (including phenoxy) is 1. The maximum Gasteiger partial charge on any atom is 0.0829 e. The lowest BCUT2D eigenvalue weighted by Crippen LogP contribution is -2.45. The second-order valence-corrected chi connectivity index (χ2v) is 4.50. The van der Waals surface area contributed by atoms with E-state index in [0.29, 0.717) is 6.10 Å². The Morgan fingerprint density at radius 1 is 1.62 bits per heavy atom. The van der Waals surface area contributed by atoms with Gasteiger partial charge in [-0.3, -0.25) is 0 Å². The first-order chi connectivity index (χ1) is 6.22. The van der Waals surface area contributed by atoms with E-state index in [1.54, 1.807) is 0 Å². The molecule has 1 atom stereocenters. The molecule has 0 saturated carbocycles. The van der Waals surface area contributed by atoms with Crippen LogP contribution in [0.2, 0.25) is 0 Å². The fourth-order valence-electron chi connectivity index (χ4n) is 1.56. The molecule has 13 heavy (non-hydrogen) atoms. The zero-order chi connectivity index (χ0) is 9.68. The highest BCUT2D eigenvalue weighted by atomic mass is 79.9. The van der Waals surface area contributed by atoms with Gasteiger partial charge in [0.25, 0.3) is 0 Å². The molecule has 0 spiro atoms. The van der Waals surface area contributed by atoms with Crippen LogP contribution in [-0.4, -0.2) is 68.1 Å². The predicted molar refractivity (Wildman–Crippen MR) is 58.5 cm³/mol. The number of hydrogen-bond donors (Lipinski definition) is 0. The van der Waals surface area contributed by atoms with Crippen LogP contribution >= 0.6 is 15.9 Å². The number of rotatable bonds is 4. The van der Waals surface area contributed by atoms with E-state index in [9.17, 15) is 0 Å². The van der Waals surface area contributed by atoms with Gasteiger partial charge < -0.3 is 14.5 Å². The lowest BCUT2D eigenvalue weighted by atomic mass is 10.2. The highest BCUT2D eigenvalue weighted by Gasteiger charge is 2.18. The fraction of sp³-hybridized carbons (Fsp3) is 1.00. The van der Waals surface area contributed by atoms with Crippen molar-refractivity contribution in [2.24, 2.45) is 0 Å². The van der Waals surface area contributed by atoms with Gasteiger partial charge in [-0.2, -0.15) is 0 Å². The molecule has 0 aromatic rings. The molecule has 1 aliphatic heterocycles. The number of morpholine rings is 1. The molecule has 1 aliphatic rings. The Kier molecular flexibility index (Phi) is 5.24. The lowest BCUT2D eigenvalue weighted by molar-refractivity contribution is -0.0317. The van der Waals surface area contributed by atoms with Crippen LogP contribution in [0.15, 0.2) is 0 Å². The molecular formula is C9H19BrN2O. The molecule has 0 radical (unpaired) electrons. The average molecular weight is 251 g/mol. The summed E-state index contributed by atoms with van der Waals surface area (Å²) in [5.74, 6) is 0. The molecule has 78 valence electrons. The van der Waals surface area contributed by atoms with Gasteiger partial charge in [0.15, 0.2) is 0 Å². The third kappa shape index (κ3) is 4.40. The van der Waals surface area contributed by atoms with E-state index in [0.717, 1.165) is 38.1 Å². The van der Waals surface area contributed by atoms with Crippen molar-refractivity contribution in [3.63, 3.8) is 0 Å². The van der Waals surface area contributed by atoms with Gasteiger partial charge in [0.2, 0.25) is 0 Å². The van der Waals surface area contributed by atoms with Crippen LogP contribution in [0.25, 0.3) is 0 Å². The monoisotopic (exact) mass is 250 g/mol. The molecule has 4 heteroatoms. The van der Waals surface area contributed by atoms with E-state index in [1.165, 1.54) is 0 Å². The van der Waals surface area contributed by atoms with Gasteiger partial charge in [-0.25, -0.2) is 0 Å². The van der Waals surface area contributed by atoms with Crippen LogP contribution in [0.4, 0.5) is 0 Å². The van der Waals surface area contributed by atoms with Crippen molar-refractivity contribution in [1.29, 1.82) is 0 Å². The summed E-state index contributed by atoms with van der Waals surface area (Å²) in [6, 6.07) is 0. The molecule has 0 aromatic carbocycles. The maximum atomic E-state index is 5.67. The van der Waals surface area contributed by atoms with Crippen molar-refractivity contribution in [3.05, 3.63) is 0 Å². The summed E-state index contributed by atoms with van der Waals surface area (Å²) in [5.41, 5.74) is 0. The van der Waals surface area contributed by atoms with E-state index in [1.807, 2.05) is 0 Å². The molecule has 0 N–H and O–H groups in total. The second-order valence-electron chi connectivity index (χ2n) is 3.71. The van der Waals surface area contributed by atoms with E-state index >= 15 is 0 Å². The fourth-order valence-corrected chi connectivity index (χ4v) is 2.17. The molecular weight excluding hydrogens is 232 g/mol. The summed E-state index contributed by atoms with van der Waals surface area (Å²) in [6.07, 6.45) is 0.391. The molecule has 1 fully saturated rings. The Labute approximate surface area is 89.2 Å². The summed E-state index contributed by atoms with van der Waals surface area (Å²) in [5, 5.41) is 1.03. The van der Waals surface area contributed by atoms with Gasteiger partial charge in [0, 0.05) is 31.5 Å². The van der Waals surface area contributed by atoms with Crippen LogP contribution in [0.1, 0.15) is 0 Å². The van der Waals surface area contributed by atoms with E-state index in [4.69, 9.17) is 4.74 Å². The minimum atomic E-state index is 0.391. The lowest BCUT2D eigenvalue weighted by Gasteiger charge is -2.32. The topological polar surface area (TPSA) is 15.7 Å². The van der Waals surface area contributed by atoms with E-state index in [-0.39, 0.29) is 0 Å². The predicted octanol–water partition coefficient (Wildman–Crippen LogP) is 0.644. The Hall–Kier alpha value is 0.360. The standard InChI is InChI=1S/C9H19BrN2O/c1-11(4-3-10)7-9-8-12(2)5-6-13-9/h9H,3-8H2,1-2H3. The van der Waals surface area contributed by atoms with Crippen LogP contribution in [0.5, 0.6) is 0 Å². The van der Waals surface area contributed by atoms with Crippen LogP contribution in [-0.2, 0) is 4.74 Å². The molecule has 0 aromatic heterocycles. The first kappa shape index (κ1) is 11.4. The summed E-state index contributed by atoms with van der Waals surface area (Å²) in [6.45, 7) is 5.13. The van der Waals surface area contributed by atoms with E-state index < -0.39 is 0 Å². The summed E-state index contributed by atoms with van der Waals surface area (Å²) in [7, 11) is 4.29. The summed E-state index contributed by atoms with van der Waals surface area (Å²) < 4.78 is 5.67. The molecule has 0 amide bonds. The van der Waals surface area contributed by atoms with Crippen LogP contribution in [0, 0.1) is 0 Å². The Bertz CT molecular complexity index is 146. The van der Waals surface area contributed by atoms with Gasteiger partial charge in [-0.1, -0.05) is 15.9 Å². The van der Waals surface area contributed by atoms with Gasteiger partial charge in [0.1, 0.15) is 0 Å².